The molecule has 0 radical (unpaired) electrons. The summed E-state index contributed by atoms with van der Waals surface area (Å²) in [4.78, 5) is 16.7. The van der Waals surface area contributed by atoms with Crippen LogP contribution < -0.4 is 19.1 Å². The van der Waals surface area contributed by atoms with Crippen LogP contribution in [0.3, 0.4) is 0 Å². The third kappa shape index (κ3) is 3.87. The van der Waals surface area contributed by atoms with Gasteiger partial charge in [-0.1, -0.05) is 17.7 Å². The van der Waals surface area contributed by atoms with E-state index in [1.807, 2.05) is 29.2 Å². The number of ether oxygens (including phenoxy) is 3. The van der Waals surface area contributed by atoms with Gasteiger partial charge in [0.25, 0.3) is 0 Å². The summed E-state index contributed by atoms with van der Waals surface area (Å²) in [5, 5.41) is 0.481. The highest BCUT2D eigenvalue weighted by Crippen LogP contribution is 2.40. The maximum atomic E-state index is 12.5. The van der Waals surface area contributed by atoms with Crippen molar-refractivity contribution in [2.24, 2.45) is 0 Å². The number of carbonyl (C=O) groups is 1. The molecular formula is C21H21ClN2O4. The molecule has 28 heavy (non-hydrogen) atoms. The molecule has 146 valence electrons. The number of fused-ring (bicyclic) bond motifs is 1. The third-order valence-corrected chi connectivity index (χ3v) is 5.16. The van der Waals surface area contributed by atoms with Gasteiger partial charge in [-0.3, -0.25) is 4.79 Å². The van der Waals surface area contributed by atoms with E-state index < -0.39 is 0 Å². The largest absolute Gasteiger partial charge is 0.497 e. The predicted molar refractivity (Wildman–Crippen MR) is 108 cm³/mol. The quantitative estimate of drug-likeness (QED) is 0.736. The van der Waals surface area contributed by atoms with Crippen LogP contribution in [0, 0.1) is 0 Å². The van der Waals surface area contributed by atoms with Gasteiger partial charge in [0.15, 0.2) is 11.5 Å². The van der Waals surface area contributed by atoms with Gasteiger partial charge in [-0.15, -0.1) is 0 Å². The van der Waals surface area contributed by atoms with E-state index in [4.69, 9.17) is 25.8 Å². The summed E-state index contributed by atoms with van der Waals surface area (Å²) in [5.74, 6) is 1.98. The van der Waals surface area contributed by atoms with Crippen molar-refractivity contribution in [3.8, 4) is 17.2 Å². The second-order valence-electron chi connectivity index (χ2n) is 6.58. The van der Waals surface area contributed by atoms with E-state index in [1.54, 1.807) is 25.3 Å². The molecule has 0 aromatic heterocycles. The average Bonchev–Trinajstić information content (AvgIpc) is 3.21. The van der Waals surface area contributed by atoms with Crippen molar-refractivity contribution in [1.29, 1.82) is 0 Å². The summed E-state index contributed by atoms with van der Waals surface area (Å²) in [6, 6.07) is 11.6. The van der Waals surface area contributed by atoms with Gasteiger partial charge in [-0.05, 0) is 35.9 Å². The van der Waals surface area contributed by atoms with Gasteiger partial charge < -0.3 is 24.0 Å². The summed E-state index contributed by atoms with van der Waals surface area (Å²) >= 11 is 6.19. The molecule has 0 atom stereocenters. The fourth-order valence-electron chi connectivity index (χ4n) is 3.35. The van der Waals surface area contributed by atoms with E-state index in [9.17, 15) is 4.79 Å². The molecule has 2 aromatic carbocycles. The highest BCUT2D eigenvalue weighted by atomic mass is 35.5. The Balaban J connectivity index is 1.36. The van der Waals surface area contributed by atoms with Crippen LogP contribution in [0.5, 0.6) is 17.2 Å². The van der Waals surface area contributed by atoms with Gasteiger partial charge in [0.1, 0.15) is 5.75 Å². The van der Waals surface area contributed by atoms with E-state index in [0.717, 1.165) is 30.1 Å². The van der Waals surface area contributed by atoms with Crippen molar-refractivity contribution in [3.63, 3.8) is 0 Å². The van der Waals surface area contributed by atoms with Crippen molar-refractivity contribution in [2.45, 2.75) is 0 Å². The third-order valence-electron chi connectivity index (χ3n) is 4.88. The Hall–Kier alpha value is -2.86. The Morgan fingerprint density at radius 3 is 2.75 bits per heavy atom. The number of hydrogen-bond acceptors (Lipinski definition) is 5. The van der Waals surface area contributed by atoms with Crippen LogP contribution >= 0.6 is 11.6 Å². The van der Waals surface area contributed by atoms with Gasteiger partial charge in [0.05, 0.1) is 12.1 Å². The minimum Gasteiger partial charge on any atom is -0.497 e. The second kappa shape index (κ2) is 8.02. The van der Waals surface area contributed by atoms with Crippen LogP contribution in [0.1, 0.15) is 5.56 Å². The molecule has 0 aliphatic carbocycles. The fraction of sp³-hybridized carbons (Fsp3) is 0.286. The van der Waals surface area contributed by atoms with E-state index in [-0.39, 0.29) is 12.7 Å². The Kier molecular flexibility index (Phi) is 5.30. The molecule has 0 unspecified atom stereocenters. The average molecular weight is 401 g/mol. The molecule has 2 heterocycles. The van der Waals surface area contributed by atoms with Crippen LogP contribution in [-0.4, -0.2) is 50.9 Å². The molecule has 2 aromatic rings. The molecular weight excluding hydrogens is 380 g/mol. The monoisotopic (exact) mass is 400 g/mol. The van der Waals surface area contributed by atoms with E-state index in [2.05, 4.69) is 11.0 Å². The summed E-state index contributed by atoms with van der Waals surface area (Å²) in [7, 11) is 1.66. The summed E-state index contributed by atoms with van der Waals surface area (Å²) < 4.78 is 16.0. The molecule has 1 fully saturated rings. The maximum absolute atomic E-state index is 12.5. The Morgan fingerprint density at radius 2 is 1.96 bits per heavy atom. The lowest BCUT2D eigenvalue weighted by Crippen LogP contribution is -2.48. The SMILES string of the molecule is COc1cccc(N2CCN(C(=O)/C=C/c3cc(Cl)c4c(c3)OCO4)CC2)c1. The Bertz CT molecular complexity index is 907. The van der Waals surface area contributed by atoms with E-state index in [0.29, 0.717) is 29.6 Å². The van der Waals surface area contributed by atoms with Gasteiger partial charge in [0, 0.05) is 44.0 Å². The van der Waals surface area contributed by atoms with E-state index in [1.165, 1.54) is 0 Å². The predicted octanol–water partition coefficient (Wildman–Crippen LogP) is 3.44. The van der Waals surface area contributed by atoms with Crippen LogP contribution in [-0.2, 0) is 4.79 Å². The van der Waals surface area contributed by atoms with Crippen LogP contribution in [0.4, 0.5) is 5.69 Å². The highest BCUT2D eigenvalue weighted by molar-refractivity contribution is 6.32. The summed E-state index contributed by atoms with van der Waals surface area (Å²) in [6.07, 6.45) is 3.33. The molecule has 2 aliphatic rings. The van der Waals surface area contributed by atoms with Gasteiger partial charge in [-0.2, -0.15) is 0 Å². The zero-order valence-electron chi connectivity index (χ0n) is 15.6. The number of amides is 1. The standard InChI is InChI=1S/C21H21ClN2O4/c1-26-17-4-2-3-16(13-17)23-7-9-24(10-8-23)20(25)6-5-15-11-18(22)21-19(12-15)27-14-28-21/h2-6,11-13H,7-10,14H2,1H3/b6-5+. The topological polar surface area (TPSA) is 51.2 Å². The zero-order chi connectivity index (χ0) is 19.5. The zero-order valence-corrected chi connectivity index (χ0v) is 16.3. The minimum absolute atomic E-state index is 0.0147. The summed E-state index contributed by atoms with van der Waals surface area (Å²) in [5.41, 5.74) is 1.91. The number of hydrogen-bond donors (Lipinski definition) is 0. The Labute approximate surface area is 168 Å². The normalized spacial score (nSPS) is 15.9. The first-order valence-corrected chi connectivity index (χ1v) is 9.47. The van der Waals surface area contributed by atoms with Crippen LogP contribution in [0.2, 0.25) is 5.02 Å². The van der Waals surface area contributed by atoms with Crippen molar-refractivity contribution in [2.75, 3.05) is 45.0 Å². The number of methoxy groups -OCH3 is 1. The van der Waals surface area contributed by atoms with Gasteiger partial charge in [0.2, 0.25) is 12.7 Å². The first-order chi connectivity index (χ1) is 13.6. The molecule has 6 nitrogen and oxygen atoms in total. The van der Waals surface area contributed by atoms with Gasteiger partial charge >= 0.3 is 0 Å². The molecule has 0 saturated carbocycles. The molecule has 0 N–H and O–H groups in total. The smallest absolute Gasteiger partial charge is 0.246 e. The lowest BCUT2D eigenvalue weighted by Gasteiger charge is -2.35. The number of carbonyl (C=O) groups excluding carboxylic acids is 1. The molecule has 2 aliphatic heterocycles. The minimum atomic E-state index is -0.0147. The van der Waals surface area contributed by atoms with Crippen molar-refractivity contribution < 1.29 is 19.0 Å². The second-order valence-corrected chi connectivity index (χ2v) is 6.99. The number of piperazine rings is 1. The number of anilines is 1. The number of nitrogens with zero attached hydrogens (tertiary/aromatic N) is 2. The lowest BCUT2D eigenvalue weighted by atomic mass is 10.1. The Morgan fingerprint density at radius 1 is 1.14 bits per heavy atom. The van der Waals surface area contributed by atoms with Gasteiger partial charge in [-0.25, -0.2) is 0 Å². The van der Waals surface area contributed by atoms with Crippen LogP contribution in [0.25, 0.3) is 6.08 Å². The molecule has 1 saturated heterocycles. The first kappa shape index (κ1) is 18.5. The molecule has 0 spiro atoms. The van der Waals surface area contributed by atoms with Crippen LogP contribution in [0.15, 0.2) is 42.5 Å². The van der Waals surface area contributed by atoms with Crippen molar-refractivity contribution in [1.82, 2.24) is 4.90 Å². The molecule has 1 amide bonds. The molecule has 4 rings (SSSR count). The molecule has 7 heteroatoms. The summed E-state index contributed by atoms with van der Waals surface area (Å²) in [6.45, 7) is 3.06. The van der Waals surface area contributed by atoms with Crippen molar-refractivity contribution in [3.05, 3.63) is 53.1 Å². The first-order valence-electron chi connectivity index (χ1n) is 9.09. The van der Waals surface area contributed by atoms with Crippen molar-refractivity contribution >= 4 is 29.3 Å². The number of rotatable bonds is 4. The fourth-order valence-corrected chi connectivity index (χ4v) is 3.62. The number of halogens is 1. The lowest BCUT2D eigenvalue weighted by molar-refractivity contribution is -0.126. The molecule has 0 bridgehead atoms. The highest BCUT2D eigenvalue weighted by Gasteiger charge is 2.21. The van der Waals surface area contributed by atoms with E-state index >= 15 is 0 Å². The number of benzene rings is 2. The maximum Gasteiger partial charge on any atom is 0.246 e.